The molecule has 2 unspecified atom stereocenters. The van der Waals surface area contributed by atoms with Gasteiger partial charge in [0, 0.05) is 6.54 Å². The molecule has 0 bridgehead atoms. The second kappa shape index (κ2) is 10.4. The summed E-state index contributed by atoms with van der Waals surface area (Å²) in [6.45, 7) is 1.94. The normalized spacial score (nSPS) is 19.2. The van der Waals surface area contributed by atoms with Gasteiger partial charge < -0.3 is 25.0 Å². The molecular weight excluding hydrogens is 399 g/mol. The largest absolute Gasteiger partial charge is 0.480 e. The standard InChI is InChI=1S/C19H27N2O7P/c1-2-28-19(25)20-16(11-10-14-7-4-3-5-8-14)29(26,27)13-17(22)21-12-6-9-15(21)18(23)24/h3-5,7-8,15-16H,2,6,9-13H2,1H3,(H,20,25)(H,23,24)(H,26,27)/t15-,16?/m0/s1. The van der Waals surface area contributed by atoms with Crippen LogP contribution in [0.3, 0.4) is 0 Å². The van der Waals surface area contributed by atoms with Crippen molar-refractivity contribution in [2.24, 2.45) is 0 Å². The Morgan fingerprint density at radius 3 is 2.62 bits per heavy atom. The first-order chi connectivity index (χ1) is 13.7. The molecule has 0 spiro atoms. The first-order valence-corrected chi connectivity index (χ1v) is 11.5. The number of alkyl carbamates (subject to hydrolysis) is 1. The molecule has 1 heterocycles. The minimum Gasteiger partial charge on any atom is -0.480 e. The molecule has 3 N–H and O–H groups in total. The minimum absolute atomic E-state index is 0.0972. The van der Waals surface area contributed by atoms with Crippen LogP contribution in [0, 0.1) is 0 Å². The third-order valence-corrected chi connectivity index (χ3v) is 6.90. The number of carboxylic acids is 1. The van der Waals surface area contributed by atoms with Crippen LogP contribution in [-0.2, 0) is 25.3 Å². The zero-order valence-electron chi connectivity index (χ0n) is 16.3. The van der Waals surface area contributed by atoms with E-state index in [2.05, 4.69) is 5.32 Å². The molecule has 0 aromatic heterocycles. The molecule has 3 atom stereocenters. The predicted octanol–water partition coefficient (Wildman–Crippen LogP) is 2.04. The number of amides is 2. The van der Waals surface area contributed by atoms with Crippen molar-refractivity contribution >= 4 is 25.3 Å². The minimum atomic E-state index is -4.18. The second-order valence-corrected chi connectivity index (χ2v) is 9.35. The van der Waals surface area contributed by atoms with E-state index < -0.39 is 43.3 Å². The van der Waals surface area contributed by atoms with Crippen LogP contribution < -0.4 is 5.32 Å². The lowest BCUT2D eigenvalue weighted by Gasteiger charge is -2.27. The number of nitrogens with one attached hydrogen (secondary N) is 1. The maximum Gasteiger partial charge on any atom is 0.407 e. The maximum absolute atomic E-state index is 13.0. The van der Waals surface area contributed by atoms with Gasteiger partial charge in [-0.1, -0.05) is 30.3 Å². The number of carbonyl (C=O) groups excluding carboxylic acids is 2. The molecule has 2 amide bonds. The highest BCUT2D eigenvalue weighted by Crippen LogP contribution is 2.47. The number of likely N-dealkylation sites (tertiary alicyclic amines) is 1. The fourth-order valence-electron chi connectivity index (χ4n) is 3.35. The average molecular weight is 426 g/mol. The fourth-order valence-corrected chi connectivity index (χ4v) is 4.98. The van der Waals surface area contributed by atoms with E-state index in [1.165, 1.54) is 0 Å². The number of aliphatic carboxylic acids is 1. The summed E-state index contributed by atoms with van der Waals surface area (Å²) >= 11 is 0. The van der Waals surface area contributed by atoms with E-state index in [9.17, 15) is 28.9 Å². The molecule has 29 heavy (non-hydrogen) atoms. The Bertz CT molecular complexity index is 771. The predicted molar refractivity (Wildman–Crippen MR) is 106 cm³/mol. The Morgan fingerprint density at radius 2 is 2.00 bits per heavy atom. The number of rotatable bonds is 9. The monoisotopic (exact) mass is 426 g/mol. The summed E-state index contributed by atoms with van der Waals surface area (Å²) in [5, 5.41) is 11.6. The number of nitrogens with zero attached hydrogens (tertiary/aromatic N) is 1. The number of carbonyl (C=O) groups is 3. The van der Waals surface area contributed by atoms with Crippen molar-refractivity contribution in [2.75, 3.05) is 19.3 Å². The van der Waals surface area contributed by atoms with Crippen LogP contribution in [0.25, 0.3) is 0 Å². The van der Waals surface area contributed by atoms with E-state index in [-0.39, 0.29) is 19.6 Å². The molecule has 160 valence electrons. The van der Waals surface area contributed by atoms with Crippen LogP contribution in [0.2, 0.25) is 0 Å². The highest BCUT2D eigenvalue weighted by Gasteiger charge is 2.40. The van der Waals surface area contributed by atoms with Crippen LogP contribution in [0.5, 0.6) is 0 Å². The molecule has 2 rings (SSSR count). The van der Waals surface area contributed by atoms with E-state index in [1.54, 1.807) is 6.92 Å². The number of aryl methyl sites for hydroxylation is 1. The number of hydrogen-bond acceptors (Lipinski definition) is 5. The molecule has 1 aromatic carbocycles. The van der Waals surface area contributed by atoms with E-state index in [4.69, 9.17) is 4.74 Å². The molecule has 1 aliphatic heterocycles. The molecular formula is C19H27N2O7P. The summed E-state index contributed by atoms with van der Waals surface area (Å²) in [6.07, 6.45) is -0.184. The van der Waals surface area contributed by atoms with Crippen LogP contribution in [0.15, 0.2) is 30.3 Å². The average Bonchev–Trinajstić information content (AvgIpc) is 3.16. The van der Waals surface area contributed by atoms with Gasteiger partial charge in [-0.25, -0.2) is 9.59 Å². The van der Waals surface area contributed by atoms with E-state index in [0.29, 0.717) is 19.3 Å². The Hall–Kier alpha value is -2.38. The molecule has 1 fully saturated rings. The molecule has 1 aliphatic rings. The van der Waals surface area contributed by atoms with Crippen molar-refractivity contribution in [3.05, 3.63) is 35.9 Å². The summed E-state index contributed by atoms with van der Waals surface area (Å²) in [5.41, 5.74) is 0.917. The van der Waals surface area contributed by atoms with Gasteiger partial charge in [0.1, 0.15) is 18.0 Å². The number of hydrogen-bond donors (Lipinski definition) is 3. The maximum atomic E-state index is 13.0. The highest BCUT2D eigenvalue weighted by molar-refractivity contribution is 7.59. The lowest BCUT2D eigenvalue weighted by Crippen LogP contribution is -2.43. The van der Waals surface area contributed by atoms with Gasteiger partial charge in [-0.05, 0) is 38.2 Å². The quantitative estimate of drug-likeness (QED) is 0.515. The van der Waals surface area contributed by atoms with E-state index in [1.807, 2.05) is 30.3 Å². The Morgan fingerprint density at radius 1 is 1.31 bits per heavy atom. The number of benzene rings is 1. The molecule has 1 aromatic rings. The Balaban J connectivity index is 2.11. The Labute approximate surface area is 169 Å². The highest BCUT2D eigenvalue weighted by atomic mass is 31.2. The van der Waals surface area contributed by atoms with Crippen LogP contribution >= 0.6 is 7.37 Å². The fraction of sp³-hybridized carbons (Fsp3) is 0.526. The van der Waals surface area contributed by atoms with Gasteiger partial charge in [0.2, 0.25) is 13.3 Å². The molecule has 1 saturated heterocycles. The smallest absolute Gasteiger partial charge is 0.407 e. The first-order valence-electron chi connectivity index (χ1n) is 9.55. The van der Waals surface area contributed by atoms with E-state index in [0.717, 1.165) is 10.5 Å². The first kappa shape index (κ1) is 22.9. The zero-order chi connectivity index (χ0) is 21.4. The van der Waals surface area contributed by atoms with Gasteiger partial charge in [0.05, 0.1) is 6.61 Å². The van der Waals surface area contributed by atoms with Gasteiger partial charge in [-0.2, -0.15) is 0 Å². The lowest BCUT2D eigenvalue weighted by atomic mass is 10.1. The summed E-state index contributed by atoms with van der Waals surface area (Å²) < 4.78 is 17.8. The molecule has 0 saturated carbocycles. The molecule has 9 nitrogen and oxygen atoms in total. The number of carboxylic acid groups (broad SMARTS) is 1. The van der Waals surface area contributed by atoms with Gasteiger partial charge in [-0.15, -0.1) is 0 Å². The van der Waals surface area contributed by atoms with Gasteiger partial charge in [-0.3, -0.25) is 9.36 Å². The zero-order valence-corrected chi connectivity index (χ0v) is 17.2. The van der Waals surface area contributed by atoms with Crippen LogP contribution in [0.1, 0.15) is 31.7 Å². The number of ether oxygens (including phenoxy) is 1. The summed E-state index contributed by atoms with van der Waals surface area (Å²) in [4.78, 5) is 47.4. The van der Waals surface area contributed by atoms with Gasteiger partial charge in [0.15, 0.2) is 0 Å². The third-order valence-electron chi connectivity index (χ3n) is 4.82. The Kier molecular flexibility index (Phi) is 8.22. The van der Waals surface area contributed by atoms with Crippen LogP contribution in [0.4, 0.5) is 4.79 Å². The third kappa shape index (κ3) is 6.58. The molecule has 10 heteroatoms. The SMILES string of the molecule is CCOC(=O)NC(CCc1ccccc1)P(=O)(O)CC(=O)N1CCC[C@H]1C(=O)O. The lowest BCUT2D eigenvalue weighted by molar-refractivity contribution is -0.147. The van der Waals surface area contributed by atoms with Crippen molar-refractivity contribution in [1.29, 1.82) is 0 Å². The van der Waals surface area contributed by atoms with Crippen LogP contribution in [-0.4, -0.2) is 64.0 Å². The van der Waals surface area contributed by atoms with Crippen molar-refractivity contribution in [3.8, 4) is 0 Å². The van der Waals surface area contributed by atoms with Crippen molar-refractivity contribution in [1.82, 2.24) is 10.2 Å². The summed E-state index contributed by atoms with van der Waals surface area (Å²) in [7, 11) is -4.18. The van der Waals surface area contributed by atoms with Crippen molar-refractivity contribution in [2.45, 2.75) is 44.4 Å². The summed E-state index contributed by atoms with van der Waals surface area (Å²) in [5.74, 6) is -3.01. The van der Waals surface area contributed by atoms with Crippen molar-refractivity contribution in [3.63, 3.8) is 0 Å². The van der Waals surface area contributed by atoms with Gasteiger partial charge in [0.25, 0.3) is 0 Å². The van der Waals surface area contributed by atoms with Crippen molar-refractivity contribution < 1.29 is 33.7 Å². The summed E-state index contributed by atoms with van der Waals surface area (Å²) in [6, 6.07) is 8.26. The topological polar surface area (TPSA) is 133 Å². The second-order valence-electron chi connectivity index (χ2n) is 6.90. The van der Waals surface area contributed by atoms with Gasteiger partial charge >= 0.3 is 12.1 Å². The molecule has 0 aliphatic carbocycles. The van der Waals surface area contributed by atoms with E-state index >= 15 is 0 Å². The molecule has 0 radical (unpaired) electrons.